The van der Waals surface area contributed by atoms with Crippen LogP contribution < -0.4 is 10.1 Å². The molecule has 0 bridgehead atoms. The molecule has 1 amide bonds. The number of hydrogen-bond donors (Lipinski definition) is 1. The van der Waals surface area contributed by atoms with Crippen LogP contribution in [-0.2, 0) is 16.6 Å². The first-order valence-electron chi connectivity index (χ1n) is 7.30. The molecule has 0 unspecified atom stereocenters. The molecule has 0 atom stereocenters. The summed E-state index contributed by atoms with van der Waals surface area (Å²) in [4.78, 5) is 11.7. The first-order valence-corrected chi connectivity index (χ1v) is 8.74. The Bertz CT molecular complexity index is 817. The molecule has 0 aliphatic carbocycles. The van der Waals surface area contributed by atoms with E-state index < -0.39 is 10.0 Å². The van der Waals surface area contributed by atoms with Gasteiger partial charge in [-0.05, 0) is 29.8 Å². The Hall–Kier alpha value is -2.38. The highest BCUT2D eigenvalue weighted by molar-refractivity contribution is 7.89. The van der Waals surface area contributed by atoms with Gasteiger partial charge in [-0.25, -0.2) is 8.42 Å². The molecule has 0 saturated carbocycles. The third-order valence-corrected chi connectivity index (χ3v) is 5.45. The molecule has 1 N–H and O–H groups in total. The van der Waals surface area contributed by atoms with E-state index in [1.54, 1.807) is 49.5 Å². The number of carbonyl (C=O) groups excluding carboxylic acids is 1. The van der Waals surface area contributed by atoms with Crippen LogP contribution in [-0.4, -0.2) is 39.8 Å². The maximum atomic E-state index is 12.7. The number of ether oxygens (including phenoxy) is 1. The van der Waals surface area contributed by atoms with Gasteiger partial charge in [-0.15, -0.1) is 0 Å². The fraction of sp³-hybridized carbons (Fsp3) is 0.235. The number of nitrogens with one attached hydrogen (secondary N) is 1. The lowest BCUT2D eigenvalue weighted by Crippen LogP contribution is -2.27. The second-order valence-electron chi connectivity index (χ2n) is 5.19. The Morgan fingerprint density at radius 3 is 2.33 bits per heavy atom. The molecule has 6 nitrogen and oxygen atoms in total. The van der Waals surface area contributed by atoms with Crippen molar-refractivity contribution in [1.29, 1.82) is 0 Å². The van der Waals surface area contributed by atoms with Crippen LogP contribution in [0.2, 0.25) is 0 Å². The van der Waals surface area contributed by atoms with Gasteiger partial charge in [0.1, 0.15) is 10.6 Å². The summed E-state index contributed by atoms with van der Waals surface area (Å²) in [5, 5.41) is 2.54. The molecule has 0 aliphatic rings. The maximum Gasteiger partial charge on any atom is 0.251 e. The van der Waals surface area contributed by atoms with Crippen LogP contribution in [0.25, 0.3) is 0 Å². The van der Waals surface area contributed by atoms with Gasteiger partial charge in [-0.1, -0.05) is 24.3 Å². The van der Waals surface area contributed by atoms with Crippen LogP contribution in [0.15, 0.2) is 53.4 Å². The number of carbonyl (C=O) groups is 1. The number of methoxy groups -OCH3 is 1. The summed E-state index contributed by atoms with van der Waals surface area (Å²) >= 11 is 0. The van der Waals surface area contributed by atoms with Crippen molar-refractivity contribution in [2.24, 2.45) is 0 Å². The molecule has 7 heteroatoms. The standard InChI is InChI=1S/C17H20N2O4S/c1-18-17(20)14-10-8-13(9-11-14)12-19(2)24(21,22)16-7-5-4-6-15(16)23-3/h4-11H,12H2,1-3H3,(H,18,20). The van der Waals surface area contributed by atoms with E-state index in [0.717, 1.165) is 5.56 Å². The Morgan fingerprint density at radius 1 is 1.12 bits per heavy atom. The fourth-order valence-electron chi connectivity index (χ4n) is 2.25. The van der Waals surface area contributed by atoms with Crippen LogP contribution in [0.4, 0.5) is 0 Å². The zero-order valence-corrected chi connectivity index (χ0v) is 14.6. The Morgan fingerprint density at radius 2 is 1.75 bits per heavy atom. The van der Waals surface area contributed by atoms with Gasteiger partial charge < -0.3 is 10.1 Å². The van der Waals surface area contributed by atoms with Gasteiger partial charge in [0, 0.05) is 26.2 Å². The van der Waals surface area contributed by atoms with Crippen molar-refractivity contribution < 1.29 is 17.9 Å². The molecule has 0 aromatic heterocycles. The predicted octanol–water partition coefficient (Wildman–Crippen LogP) is 1.88. The second kappa shape index (κ2) is 7.46. The molecule has 2 rings (SSSR count). The first-order chi connectivity index (χ1) is 11.4. The number of nitrogens with zero attached hydrogens (tertiary/aromatic N) is 1. The minimum Gasteiger partial charge on any atom is -0.495 e. The zero-order chi connectivity index (χ0) is 17.7. The summed E-state index contributed by atoms with van der Waals surface area (Å²) in [5.41, 5.74) is 1.31. The average molecular weight is 348 g/mol. The van der Waals surface area contributed by atoms with Crippen LogP contribution in [0.1, 0.15) is 15.9 Å². The van der Waals surface area contributed by atoms with Crippen LogP contribution >= 0.6 is 0 Å². The van der Waals surface area contributed by atoms with Gasteiger partial charge in [0.15, 0.2) is 0 Å². The summed E-state index contributed by atoms with van der Waals surface area (Å²) in [5.74, 6) is 0.121. The van der Waals surface area contributed by atoms with E-state index in [0.29, 0.717) is 11.3 Å². The lowest BCUT2D eigenvalue weighted by atomic mass is 10.1. The molecule has 24 heavy (non-hydrogen) atoms. The SMILES string of the molecule is CNC(=O)c1ccc(CN(C)S(=O)(=O)c2ccccc2OC)cc1. The second-order valence-corrected chi connectivity index (χ2v) is 7.20. The van der Waals surface area contributed by atoms with Crippen LogP contribution in [0, 0.1) is 0 Å². The van der Waals surface area contributed by atoms with E-state index in [-0.39, 0.29) is 17.3 Å². The molecule has 128 valence electrons. The highest BCUT2D eigenvalue weighted by Crippen LogP contribution is 2.26. The lowest BCUT2D eigenvalue weighted by Gasteiger charge is -2.19. The summed E-state index contributed by atoms with van der Waals surface area (Å²) in [6.07, 6.45) is 0. The van der Waals surface area contributed by atoms with E-state index in [1.807, 2.05) is 0 Å². The zero-order valence-electron chi connectivity index (χ0n) is 13.8. The summed E-state index contributed by atoms with van der Waals surface area (Å²) in [6, 6.07) is 13.3. The Kier molecular flexibility index (Phi) is 5.58. The lowest BCUT2D eigenvalue weighted by molar-refractivity contribution is 0.0963. The largest absolute Gasteiger partial charge is 0.495 e. The summed E-state index contributed by atoms with van der Waals surface area (Å²) in [6.45, 7) is 0.189. The quantitative estimate of drug-likeness (QED) is 0.865. The third-order valence-electron chi connectivity index (χ3n) is 3.61. The molecular formula is C17H20N2O4S. The van der Waals surface area contributed by atoms with Gasteiger partial charge in [0.25, 0.3) is 5.91 Å². The normalized spacial score (nSPS) is 11.3. The van der Waals surface area contributed by atoms with Gasteiger partial charge in [-0.3, -0.25) is 4.79 Å². The Labute approximate surface area is 142 Å². The highest BCUT2D eigenvalue weighted by atomic mass is 32.2. The number of benzene rings is 2. The minimum absolute atomic E-state index is 0.122. The van der Waals surface area contributed by atoms with Crippen molar-refractivity contribution in [2.45, 2.75) is 11.4 Å². The number of para-hydroxylation sites is 1. The molecule has 2 aromatic rings. The third kappa shape index (κ3) is 3.74. The van der Waals surface area contributed by atoms with Gasteiger partial charge in [-0.2, -0.15) is 4.31 Å². The molecule has 0 heterocycles. The molecule has 0 saturated heterocycles. The van der Waals surface area contributed by atoms with Gasteiger partial charge in [0.05, 0.1) is 7.11 Å². The monoisotopic (exact) mass is 348 g/mol. The van der Waals surface area contributed by atoms with Crippen molar-refractivity contribution in [2.75, 3.05) is 21.2 Å². The fourth-order valence-corrected chi connectivity index (χ4v) is 3.56. The van der Waals surface area contributed by atoms with Crippen molar-refractivity contribution in [3.8, 4) is 5.75 Å². The van der Waals surface area contributed by atoms with Crippen molar-refractivity contribution in [3.63, 3.8) is 0 Å². The molecule has 2 aromatic carbocycles. The molecular weight excluding hydrogens is 328 g/mol. The number of sulfonamides is 1. The van der Waals surface area contributed by atoms with E-state index in [9.17, 15) is 13.2 Å². The molecule has 0 aliphatic heterocycles. The van der Waals surface area contributed by atoms with Crippen LogP contribution in [0.3, 0.4) is 0 Å². The topological polar surface area (TPSA) is 75.7 Å². The first kappa shape index (κ1) is 18.0. The van der Waals surface area contributed by atoms with E-state index in [4.69, 9.17) is 4.74 Å². The molecule has 0 radical (unpaired) electrons. The number of rotatable bonds is 6. The van der Waals surface area contributed by atoms with E-state index in [1.165, 1.54) is 24.5 Å². The summed E-state index contributed by atoms with van der Waals surface area (Å²) < 4.78 is 31.8. The van der Waals surface area contributed by atoms with Crippen molar-refractivity contribution >= 4 is 15.9 Å². The number of amides is 1. The van der Waals surface area contributed by atoms with Crippen LogP contribution in [0.5, 0.6) is 5.75 Å². The predicted molar refractivity (Wildman–Crippen MR) is 91.5 cm³/mol. The van der Waals surface area contributed by atoms with E-state index >= 15 is 0 Å². The molecule has 0 spiro atoms. The average Bonchev–Trinajstić information content (AvgIpc) is 2.61. The van der Waals surface area contributed by atoms with E-state index in [2.05, 4.69) is 5.32 Å². The smallest absolute Gasteiger partial charge is 0.251 e. The Balaban J connectivity index is 2.22. The summed E-state index contributed by atoms with van der Waals surface area (Å²) in [7, 11) is 0.822. The molecule has 0 fully saturated rings. The number of hydrogen-bond acceptors (Lipinski definition) is 4. The van der Waals surface area contributed by atoms with Crippen molar-refractivity contribution in [1.82, 2.24) is 9.62 Å². The maximum absolute atomic E-state index is 12.7. The highest BCUT2D eigenvalue weighted by Gasteiger charge is 2.24. The van der Waals surface area contributed by atoms with Gasteiger partial charge in [0.2, 0.25) is 10.0 Å². The van der Waals surface area contributed by atoms with Gasteiger partial charge >= 0.3 is 0 Å². The minimum atomic E-state index is -3.68. The van der Waals surface area contributed by atoms with Crippen molar-refractivity contribution in [3.05, 3.63) is 59.7 Å².